The van der Waals surface area contributed by atoms with Gasteiger partial charge in [0.1, 0.15) is 16.4 Å². The maximum absolute atomic E-state index is 14.8. The Bertz CT molecular complexity index is 1210. The highest BCUT2D eigenvalue weighted by Crippen LogP contribution is 2.36. The number of rotatable bonds is 6. The minimum Gasteiger partial charge on any atom is -0.476 e. The molecule has 2 heterocycles. The third kappa shape index (κ3) is 3.54. The maximum Gasteiger partial charge on any atom is 0.355 e. The van der Waals surface area contributed by atoms with E-state index in [9.17, 15) is 14.3 Å². The van der Waals surface area contributed by atoms with Crippen molar-refractivity contribution < 1.29 is 14.3 Å². The third-order valence-corrected chi connectivity index (χ3v) is 5.43. The highest BCUT2D eigenvalue weighted by Gasteiger charge is 2.19. The number of thioether (sulfide) groups is 1. The second-order valence-corrected chi connectivity index (χ2v) is 7.31. The van der Waals surface area contributed by atoms with Gasteiger partial charge >= 0.3 is 5.97 Å². The molecule has 2 aromatic heterocycles. The van der Waals surface area contributed by atoms with Gasteiger partial charge in [0.25, 0.3) is 0 Å². The van der Waals surface area contributed by atoms with Crippen molar-refractivity contribution in [2.45, 2.75) is 11.6 Å². The van der Waals surface area contributed by atoms with Gasteiger partial charge in [-0.2, -0.15) is 5.10 Å². The van der Waals surface area contributed by atoms with Gasteiger partial charge in [-0.1, -0.05) is 41.9 Å². The molecule has 0 aliphatic heterocycles. The summed E-state index contributed by atoms with van der Waals surface area (Å²) in [7, 11) is 0. The van der Waals surface area contributed by atoms with Gasteiger partial charge in [-0.15, -0.1) is 11.8 Å². The number of imidazole rings is 1. The van der Waals surface area contributed by atoms with Crippen molar-refractivity contribution in [1.82, 2.24) is 20.2 Å². The normalized spacial score (nSPS) is 11.1. The van der Waals surface area contributed by atoms with E-state index in [0.29, 0.717) is 27.6 Å². The fourth-order valence-electron chi connectivity index (χ4n) is 3.00. The number of benzene rings is 2. The van der Waals surface area contributed by atoms with Crippen LogP contribution >= 0.6 is 23.4 Å². The van der Waals surface area contributed by atoms with Crippen LogP contribution < -0.4 is 5.32 Å². The number of anilines is 1. The third-order valence-electron chi connectivity index (χ3n) is 4.38. The van der Waals surface area contributed by atoms with Crippen molar-refractivity contribution in [1.29, 1.82) is 0 Å². The predicted molar refractivity (Wildman–Crippen MR) is 111 cm³/mol. The van der Waals surface area contributed by atoms with Crippen LogP contribution in [0.3, 0.4) is 0 Å². The average molecular weight is 432 g/mol. The first-order chi connectivity index (χ1) is 14.0. The number of halogens is 2. The summed E-state index contributed by atoms with van der Waals surface area (Å²) in [6, 6.07) is 11.0. The molecule has 0 atom stereocenters. The van der Waals surface area contributed by atoms with Crippen molar-refractivity contribution in [3.63, 3.8) is 0 Å². The number of nitrogens with one attached hydrogen (secondary N) is 3. The summed E-state index contributed by atoms with van der Waals surface area (Å²) < 4.78 is 14.8. The molecule has 0 radical (unpaired) electrons. The maximum atomic E-state index is 14.8. The number of aromatic carboxylic acids is 1. The molecule has 29 heavy (non-hydrogen) atoms. The second kappa shape index (κ2) is 7.76. The first-order valence-corrected chi connectivity index (χ1v) is 10.1. The molecule has 0 aliphatic rings. The van der Waals surface area contributed by atoms with Crippen LogP contribution in [0.4, 0.5) is 10.2 Å². The Balaban J connectivity index is 1.69. The molecule has 148 valence electrons. The predicted octanol–water partition coefficient (Wildman–Crippen LogP) is 4.78. The molecule has 4 rings (SSSR count). The summed E-state index contributed by atoms with van der Waals surface area (Å²) in [6.45, 7) is 0.186. The smallest absolute Gasteiger partial charge is 0.355 e. The molecule has 4 N–H and O–H groups in total. The molecule has 2 aromatic carbocycles. The number of carboxylic acids is 1. The summed E-state index contributed by atoms with van der Waals surface area (Å²) in [6.07, 6.45) is 1.75. The molecule has 0 bridgehead atoms. The Hall–Kier alpha value is -3.04. The monoisotopic (exact) mass is 431 g/mol. The van der Waals surface area contributed by atoms with E-state index in [1.54, 1.807) is 12.3 Å². The Labute approximate surface area is 173 Å². The Kier molecular flexibility index (Phi) is 5.16. The largest absolute Gasteiger partial charge is 0.476 e. The zero-order valence-corrected chi connectivity index (χ0v) is 16.7. The number of fused-ring (bicyclic) bond motifs is 1. The fourth-order valence-corrected chi connectivity index (χ4v) is 3.81. The van der Waals surface area contributed by atoms with Gasteiger partial charge in [0.05, 0.1) is 11.6 Å². The Morgan fingerprint density at radius 1 is 1.34 bits per heavy atom. The van der Waals surface area contributed by atoms with Crippen molar-refractivity contribution in [3.8, 4) is 11.1 Å². The van der Waals surface area contributed by atoms with Crippen LogP contribution in [-0.2, 0) is 6.54 Å². The summed E-state index contributed by atoms with van der Waals surface area (Å²) in [5, 5.41) is 20.0. The van der Waals surface area contributed by atoms with Crippen LogP contribution in [0.2, 0.25) is 5.02 Å². The van der Waals surface area contributed by atoms with Crippen LogP contribution in [0.5, 0.6) is 0 Å². The molecule has 0 amide bonds. The first kappa shape index (κ1) is 19.3. The molecule has 0 saturated carbocycles. The minimum absolute atomic E-state index is 0.0145. The van der Waals surface area contributed by atoms with Gasteiger partial charge < -0.3 is 15.4 Å². The van der Waals surface area contributed by atoms with Crippen molar-refractivity contribution in [3.05, 3.63) is 58.8 Å². The minimum atomic E-state index is -1.08. The Morgan fingerprint density at radius 2 is 2.10 bits per heavy atom. The van der Waals surface area contributed by atoms with Gasteiger partial charge in [0, 0.05) is 10.9 Å². The van der Waals surface area contributed by atoms with Crippen molar-refractivity contribution in [2.75, 3.05) is 11.6 Å². The Morgan fingerprint density at radius 3 is 2.76 bits per heavy atom. The molecular formula is C19H15ClFN5O2S. The number of hydrogen-bond donors (Lipinski definition) is 4. The molecule has 0 saturated heterocycles. The summed E-state index contributed by atoms with van der Waals surface area (Å²) in [5.41, 5.74) is 1.56. The number of carboxylic acid groups (broad SMARTS) is 1. The van der Waals surface area contributed by atoms with E-state index in [0.717, 1.165) is 5.56 Å². The van der Waals surface area contributed by atoms with E-state index in [2.05, 4.69) is 25.5 Å². The lowest BCUT2D eigenvalue weighted by atomic mass is 10.0. The van der Waals surface area contributed by atoms with Crippen molar-refractivity contribution in [2.24, 2.45) is 0 Å². The molecule has 7 nitrogen and oxygen atoms in total. The van der Waals surface area contributed by atoms with Crippen LogP contribution in [0.25, 0.3) is 22.0 Å². The molecule has 0 unspecified atom stereocenters. The highest BCUT2D eigenvalue weighted by atomic mass is 35.5. The van der Waals surface area contributed by atoms with E-state index < -0.39 is 11.8 Å². The average Bonchev–Trinajstić information content (AvgIpc) is 3.33. The molecule has 10 heteroatoms. The van der Waals surface area contributed by atoms with E-state index in [-0.39, 0.29) is 22.8 Å². The lowest BCUT2D eigenvalue weighted by molar-refractivity contribution is 0.0687. The van der Waals surface area contributed by atoms with Gasteiger partial charge in [-0.25, -0.2) is 14.2 Å². The van der Waals surface area contributed by atoms with Gasteiger partial charge in [0.2, 0.25) is 0 Å². The van der Waals surface area contributed by atoms with Gasteiger partial charge in [-0.05, 0) is 17.9 Å². The lowest BCUT2D eigenvalue weighted by Gasteiger charge is -2.07. The number of aromatic amines is 2. The van der Waals surface area contributed by atoms with E-state index in [1.165, 1.54) is 11.8 Å². The number of aromatic nitrogens is 4. The van der Waals surface area contributed by atoms with Gasteiger partial charge in [0.15, 0.2) is 17.3 Å². The van der Waals surface area contributed by atoms with Gasteiger partial charge in [-0.3, -0.25) is 5.10 Å². The quantitative estimate of drug-likeness (QED) is 0.327. The number of carbonyl (C=O) groups is 1. The first-order valence-electron chi connectivity index (χ1n) is 8.51. The molecule has 0 aliphatic carbocycles. The number of hydrogen-bond acceptors (Lipinski definition) is 5. The SMILES string of the molecule is CSc1nc(CNc2n[nH]c3c(F)c(Cl)c(-c4ccccc4)cc23)[nH]c1C(=O)O. The summed E-state index contributed by atoms with van der Waals surface area (Å²) in [4.78, 5) is 18.3. The fraction of sp³-hybridized carbons (Fsp3) is 0.105. The molecule has 0 fully saturated rings. The van der Waals surface area contributed by atoms with Crippen molar-refractivity contribution >= 4 is 46.1 Å². The van der Waals surface area contributed by atoms with Crippen LogP contribution in [0.1, 0.15) is 16.3 Å². The summed E-state index contributed by atoms with van der Waals surface area (Å²) in [5.74, 6) is -0.825. The topological polar surface area (TPSA) is 107 Å². The highest BCUT2D eigenvalue weighted by molar-refractivity contribution is 7.98. The molecule has 4 aromatic rings. The zero-order valence-electron chi connectivity index (χ0n) is 15.1. The summed E-state index contributed by atoms with van der Waals surface area (Å²) >= 11 is 7.48. The van der Waals surface area contributed by atoms with Crippen LogP contribution in [0, 0.1) is 5.82 Å². The molecular weight excluding hydrogens is 417 g/mol. The van der Waals surface area contributed by atoms with E-state index >= 15 is 0 Å². The zero-order chi connectivity index (χ0) is 20.5. The van der Waals surface area contributed by atoms with Crippen LogP contribution in [0.15, 0.2) is 41.4 Å². The molecule has 0 spiro atoms. The van der Waals surface area contributed by atoms with E-state index in [4.69, 9.17) is 11.6 Å². The number of nitrogens with zero attached hydrogens (tertiary/aromatic N) is 2. The number of H-pyrrole nitrogens is 2. The van der Waals surface area contributed by atoms with E-state index in [1.807, 2.05) is 30.3 Å². The standard InChI is InChI=1S/C19H15ClFN5O2S/c1-29-18-16(19(27)28)23-12(24-18)8-22-17-11-7-10(9-5-3-2-4-6-9)13(20)14(21)15(11)25-26-17/h2-7H,8H2,1H3,(H,23,24)(H,27,28)(H2,22,25,26). The van der Waals surface area contributed by atoms with Crippen LogP contribution in [-0.4, -0.2) is 37.5 Å². The second-order valence-electron chi connectivity index (χ2n) is 6.14. The lowest BCUT2D eigenvalue weighted by Crippen LogP contribution is -2.03.